The highest BCUT2D eigenvalue weighted by molar-refractivity contribution is 5.28. The van der Waals surface area contributed by atoms with Gasteiger partial charge < -0.3 is 15.0 Å². The molecule has 1 aromatic heterocycles. The first kappa shape index (κ1) is 15.1. The highest BCUT2D eigenvalue weighted by atomic mass is 16.3. The fraction of sp³-hybridized carbons (Fsp3) is 0.353. The number of aromatic nitrogens is 1. The number of nitrogens with one attached hydrogen (secondary N) is 1. The summed E-state index contributed by atoms with van der Waals surface area (Å²) in [5.41, 5.74) is 3.04. The lowest BCUT2D eigenvalue weighted by atomic mass is 10.1. The fourth-order valence-electron chi connectivity index (χ4n) is 2.28. The zero-order valence-electron chi connectivity index (χ0n) is 12.5. The van der Waals surface area contributed by atoms with E-state index in [1.165, 1.54) is 5.56 Å². The number of hydrogen-bond donors (Lipinski definition) is 2. The van der Waals surface area contributed by atoms with Crippen LogP contribution in [0.1, 0.15) is 30.2 Å². The van der Waals surface area contributed by atoms with Gasteiger partial charge in [-0.25, -0.2) is 0 Å². The van der Waals surface area contributed by atoms with Crippen LogP contribution in [0.2, 0.25) is 0 Å². The molecule has 4 heteroatoms. The number of phenols is 1. The largest absolute Gasteiger partial charge is 0.508 e. The molecule has 0 aliphatic heterocycles. The maximum absolute atomic E-state index is 9.25. The van der Waals surface area contributed by atoms with Crippen molar-refractivity contribution in [2.45, 2.75) is 32.4 Å². The number of nitriles is 1. The summed E-state index contributed by atoms with van der Waals surface area (Å²) in [6.07, 6.45) is 3.99. The summed E-state index contributed by atoms with van der Waals surface area (Å²) in [6, 6.07) is 11.8. The Bertz CT molecular complexity index is 622. The third kappa shape index (κ3) is 4.37. The Hall–Kier alpha value is -2.25. The van der Waals surface area contributed by atoms with Crippen LogP contribution in [0.3, 0.4) is 0 Å². The van der Waals surface area contributed by atoms with E-state index in [2.05, 4.69) is 18.3 Å². The second-order valence-electron chi connectivity index (χ2n) is 5.44. The molecule has 4 nitrogen and oxygen atoms in total. The molecule has 21 heavy (non-hydrogen) atoms. The van der Waals surface area contributed by atoms with Gasteiger partial charge in [0, 0.05) is 25.8 Å². The van der Waals surface area contributed by atoms with Crippen molar-refractivity contribution in [3.05, 3.63) is 53.3 Å². The average Bonchev–Trinajstić information content (AvgIpc) is 2.85. The Morgan fingerprint density at radius 1 is 1.29 bits per heavy atom. The predicted molar refractivity (Wildman–Crippen MR) is 82.9 cm³/mol. The van der Waals surface area contributed by atoms with Crippen molar-refractivity contribution < 1.29 is 5.11 Å². The Morgan fingerprint density at radius 2 is 2.00 bits per heavy atom. The van der Waals surface area contributed by atoms with Crippen LogP contribution >= 0.6 is 0 Å². The minimum absolute atomic E-state index is 0.308. The van der Waals surface area contributed by atoms with E-state index in [1.807, 2.05) is 36.0 Å². The summed E-state index contributed by atoms with van der Waals surface area (Å²) in [7, 11) is 1.89. The molecule has 1 unspecified atom stereocenters. The van der Waals surface area contributed by atoms with Gasteiger partial charge >= 0.3 is 0 Å². The zero-order chi connectivity index (χ0) is 15.2. The smallest absolute Gasteiger partial charge is 0.120 e. The number of aromatic hydroxyl groups is 1. The van der Waals surface area contributed by atoms with Gasteiger partial charge in [-0.3, -0.25) is 0 Å². The molecule has 110 valence electrons. The van der Waals surface area contributed by atoms with Crippen LogP contribution in [0.5, 0.6) is 5.75 Å². The van der Waals surface area contributed by atoms with Gasteiger partial charge in [0.25, 0.3) is 0 Å². The zero-order valence-corrected chi connectivity index (χ0v) is 12.5. The molecule has 0 aliphatic rings. The van der Waals surface area contributed by atoms with E-state index in [0.29, 0.717) is 17.5 Å². The van der Waals surface area contributed by atoms with E-state index in [0.717, 1.165) is 24.9 Å². The van der Waals surface area contributed by atoms with Crippen LogP contribution in [-0.2, 0) is 20.0 Å². The second kappa shape index (κ2) is 6.96. The number of aryl methyl sites for hydroxylation is 2. The van der Waals surface area contributed by atoms with Crippen LogP contribution < -0.4 is 5.32 Å². The maximum Gasteiger partial charge on any atom is 0.120 e. The molecule has 0 radical (unpaired) electrons. The third-order valence-corrected chi connectivity index (χ3v) is 3.63. The van der Waals surface area contributed by atoms with Crippen LogP contribution in [0.4, 0.5) is 0 Å². The number of nitrogens with zero attached hydrogens (tertiary/aromatic N) is 2. The van der Waals surface area contributed by atoms with Gasteiger partial charge in [-0.2, -0.15) is 5.26 Å². The molecule has 0 amide bonds. The van der Waals surface area contributed by atoms with Crippen molar-refractivity contribution >= 4 is 0 Å². The van der Waals surface area contributed by atoms with E-state index in [-0.39, 0.29) is 0 Å². The summed E-state index contributed by atoms with van der Waals surface area (Å²) in [6.45, 7) is 2.93. The molecule has 2 N–H and O–H groups in total. The van der Waals surface area contributed by atoms with Crippen molar-refractivity contribution in [3.8, 4) is 11.8 Å². The summed E-state index contributed by atoms with van der Waals surface area (Å²) < 4.78 is 1.85. The van der Waals surface area contributed by atoms with Crippen molar-refractivity contribution in [2.24, 2.45) is 7.05 Å². The van der Waals surface area contributed by atoms with Crippen LogP contribution in [-0.4, -0.2) is 15.7 Å². The lowest BCUT2D eigenvalue weighted by Crippen LogP contribution is -2.25. The van der Waals surface area contributed by atoms with Crippen molar-refractivity contribution in [2.75, 3.05) is 0 Å². The van der Waals surface area contributed by atoms with Crippen LogP contribution in [0.25, 0.3) is 0 Å². The average molecular weight is 283 g/mol. The maximum atomic E-state index is 9.25. The number of rotatable bonds is 6. The molecule has 2 aromatic rings. The number of phenolic OH excluding ortho intramolecular Hbond substituents is 1. The normalized spacial score (nSPS) is 12.0. The topological polar surface area (TPSA) is 61.0 Å². The highest BCUT2D eigenvalue weighted by Crippen LogP contribution is 2.12. The Morgan fingerprint density at radius 3 is 2.62 bits per heavy atom. The first-order chi connectivity index (χ1) is 10.1. The molecule has 0 saturated carbocycles. The lowest BCUT2D eigenvalue weighted by molar-refractivity contribution is 0.474. The molecule has 1 heterocycles. The number of benzene rings is 1. The molecule has 0 saturated heterocycles. The van der Waals surface area contributed by atoms with E-state index in [1.54, 1.807) is 12.1 Å². The second-order valence-corrected chi connectivity index (χ2v) is 5.44. The minimum atomic E-state index is 0.308. The van der Waals surface area contributed by atoms with Crippen molar-refractivity contribution in [3.63, 3.8) is 0 Å². The van der Waals surface area contributed by atoms with Crippen LogP contribution in [0.15, 0.2) is 36.5 Å². The molecular formula is C17H21N3O. The summed E-state index contributed by atoms with van der Waals surface area (Å²) in [4.78, 5) is 0. The molecule has 2 rings (SSSR count). The Balaban J connectivity index is 1.78. The van der Waals surface area contributed by atoms with Gasteiger partial charge in [-0.05, 0) is 49.1 Å². The fourth-order valence-corrected chi connectivity index (χ4v) is 2.28. The number of hydrogen-bond acceptors (Lipinski definition) is 3. The molecular weight excluding hydrogens is 262 g/mol. The van der Waals surface area contributed by atoms with Gasteiger partial charge in [0.2, 0.25) is 0 Å². The SMILES string of the molecule is CC(CCc1ccc(O)cc1)NCc1cc(C#N)n(C)c1. The Labute approximate surface area is 125 Å². The third-order valence-electron chi connectivity index (χ3n) is 3.63. The van der Waals surface area contributed by atoms with Gasteiger partial charge in [-0.15, -0.1) is 0 Å². The monoisotopic (exact) mass is 283 g/mol. The summed E-state index contributed by atoms with van der Waals surface area (Å²) in [5, 5.41) is 21.7. The van der Waals surface area contributed by atoms with E-state index < -0.39 is 0 Å². The molecule has 0 aliphatic carbocycles. The quantitative estimate of drug-likeness (QED) is 0.857. The van der Waals surface area contributed by atoms with E-state index in [4.69, 9.17) is 5.26 Å². The molecule has 1 aromatic carbocycles. The van der Waals surface area contributed by atoms with Gasteiger partial charge in [-0.1, -0.05) is 12.1 Å². The van der Waals surface area contributed by atoms with Gasteiger partial charge in [0.05, 0.1) is 0 Å². The lowest BCUT2D eigenvalue weighted by Gasteiger charge is -2.13. The van der Waals surface area contributed by atoms with Crippen LogP contribution in [0, 0.1) is 11.3 Å². The first-order valence-electron chi connectivity index (χ1n) is 7.15. The Kier molecular flexibility index (Phi) is 5.02. The molecule has 0 spiro atoms. The van der Waals surface area contributed by atoms with E-state index in [9.17, 15) is 5.11 Å². The van der Waals surface area contributed by atoms with Gasteiger partial charge in [0.1, 0.15) is 17.5 Å². The molecule has 1 atom stereocenters. The predicted octanol–water partition coefficient (Wildman–Crippen LogP) is 2.71. The molecule has 0 bridgehead atoms. The van der Waals surface area contributed by atoms with Crippen molar-refractivity contribution in [1.82, 2.24) is 9.88 Å². The van der Waals surface area contributed by atoms with Gasteiger partial charge in [0.15, 0.2) is 0 Å². The van der Waals surface area contributed by atoms with E-state index >= 15 is 0 Å². The highest BCUT2D eigenvalue weighted by Gasteiger charge is 2.05. The summed E-state index contributed by atoms with van der Waals surface area (Å²) >= 11 is 0. The summed E-state index contributed by atoms with van der Waals surface area (Å²) in [5.74, 6) is 0.308. The standard InChI is InChI=1S/C17H21N3O/c1-13(3-4-14-5-7-17(21)8-6-14)19-11-15-9-16(10-18)20(2)12-15/h5-9,12-13,19,21H,3-4,11H2,1-2H3. The first-order valence-corrected chi connectivity index (χ1v) is 7.15. The molecule has 0 fully saturated rings. The van der Waals surface area contributed by atoms with Crippen molar-refractivity contribution in [1.29, 1.82) is 5.26 Å². The minimum Gasteiger partial charge on any atom is -0.508 e.